The standard InChI is InChI=1S/C17H20BrFN2/c1-3-20-12-13-11-14(18)9-10-16(13)21(4-2)17-8-6-5-7-15(17)19/h5-11,20H,3-4,12H2,1-2H3. The zero-order valence-corrected chi connectivity index (χ0v) is 14.0. The van der Waals surface area contributed by atoms with Gasteiger partial charge in [0.1, 0.15) is 5.82 Å². The third-order valence-corrected chi connectivity index (χ3v) is 3.85. The maximum atomic E-state index is 14.1. The molecule has 0 atom stereocenters. The number of hydrogen-bond donors (Lipinski definition) is 1. The average molecular weight is 351 g/mol. The summed E-state index contributed by atoms with van der Waals surface area (Å²) in [5.74, 6) is -0.198. The minimum absolute atomic E-state index is 0.198. The Morgan fingerprint density at radius 1 is 1.10 bits per heavy atom. The molecule has 0 aliphatic carbocycles. The van der Waals surface area contributed by atoms with Crippen LogP contribution in [0.25, 0.3) is 0 Å². The van der Waals surface area contributed by atoms with Crippen LogP contribution in [0.5, 0.6) is 0 Å². The summed E-state index contributed by atoms with van der Waals surface area (Å²) in [6, 6.07) is 13.0. The van der Waals surface area contributed by atoms with E-state index in [0.29, 0.717) is 12.2 Å². The minimum atomic E-state index is -0.198. The molecule has 0 spiro atoms. The summed E-state index contributed by atoms with van der Waals surface area (Å²) in [6.07, 6.45) is 0. The van der Waals surface area contributed by atoms with Gasteiger partial charge in [-0.2, -0.15) is 0 Å². The van der Waals surface area contributed by atoms with Gasteiger partial charge in [-0.1, -0.05) is 35.0 Å². The zero-order chi connectivity index (χ0) is 15.2. The summed E-state index contributed by atoms with van der Waals surface area (Å²) in [5.41, 5.74) is 2.79. The Bertz CT molecular complexity index is 601. The van der Waals surface area contributed by atoms with Crippen LogP contribution in [0.4, 0.5) is 15.8 Å². The third-order valence-electron chi connectivity index (χ3n) is 3.36. The first-order valence-corrected chi connectivity index (χ1v) is 7.97. The van der Waals surface area contributed by atoms with Crippen molar-refractivity contribution in [3.8, 4) is 0 Å². The first kappa shape index (κ1) is 16.0. The lowest BCUT2D eigenvalue weighted by molar-refractivity contribution is 0.625. The Hall–Kier alpha value is -1.39. The van der Waals surface area contributed by atoms with E-state index in [-0.39, 0.29) is 5.82 Å². The molecule has 2 aromatic rings. The quantitative estimate of drug-likeness (QED) is 0.800. The van der Waals surface area contributed by atoms with E-state index in [1.165, 1.54) is 6.07 Å². The van der Waals surface area contributed by atoms with Crippen molar-refractivity contribution in [1.82, 2.24) is 5.32 Å². The molecule has 0 radical (unpaired) electrons. The largest absolute Gasteiger partial charge is 0.339 e. The van der Waals surface area contributed by atoms with Gasteiger partial charge in [0, 0.05) is 23.2 Å². The lowest BCUT2D eigenvalue weighted by atomic mass is 10.1. The molecular formula is C17H20BrFN2. The van der Waals surface area contributed by atoms with Gasteiger partial charge in [0.05, 0.1) is 5.69 Å². The number of nitrogens with one attached hydrogen (secondary N) is 1. The summed E-state index contributed by atoms with van der Waals surface area (Å²) < 4.78 is 15.1. The summed E-state index contributed by atoms with van der Waals surface area (Å²) in [6.45, 7) is 6.48. The molecule has 4 heteroatoms. The molecule has 2 aromatic carbocycles. The first-order valence-electron chi connectivity index (χ1n) is 7.18. The Kier molecular flexibility index (Phi) is 5.76. The Labute approximate surface area is 134 Å². The predicted molar refractivity (Wildman–Crippen MR) is 90.6 cm³/mol. The molecule has 1 N–H and O–H groups in total. The molecule has 0 aliphatic rings. The molecule has 0 heterocycles. The van der Waals surface area contributed by atoms with E-state index in [4.69, 9.17) is 0 Å². The minimum Gasteiger partial charge on any atom is -0.339 e. The average Bonchev–Trinajstić information content (AvgIpc) is 2.49. The van der Waals surface area contributed by atoms with Crippen molar-refractivity contribution in [2.75, 3.05) is 18.0 Å². The Morgan fingerprint density at radius 2 is 1.86 bits per heavy atom. The van der Waals surface area contributed by atoms with Crippen molar-refractivity contribution >= 4 is 27.3 Å². The highest BCUT2D eigenvalue weighted by atomic mass is 79.9. The lowest BCUT2D eigenvalue weighted by Gasteiger charge is -2.26. The highest BCUT2D eigenvalue weighted by molar-refractivity contribution is 9.10. The van der Waals surface area contributed by atoms with Gasteiger partial charge < -0.3 is 10.2 Å². The molecule has 0 aromatic heterocycles. The number of anilines is 2. The number of hydrogen-bond acceptors (Lipinski definition) is 2. The summed E-state index contributed by atoms with van der Waals surface area (Å²) in [4.78, 5) is 2.01. The van der Waals surface area contributed by atoms with Gasteiger partial charge in [0.25, 0.3) is 0 Å². The summed E-state index contributed by atoms with van der Waals surface area (Å²) in [5, 5.41) is 3.34. The maximum absolute atomic E-state index is 14.1. The number of rotatable bonds is 6. The fourth-order valence-electron chi connectivity index (χ4n) is 2.36. The normalized spacial score (nSPS) is 10.7. The second-order valence-corrected chi connectivity index (χ2v) is 5.66. The molecule has 0 amide bonds. The van der Waals surface area contributed by atoms with Crippen LogP contribution in [0.1, 0.15) is 19.4 Å². The topological polar surface area (TPSA) is 15.3 Å². The fraction of sp³-hybridized carbons (Fsp3) is 0.294. The van der Waals surface area contributed by atoms with Gasteiger partial charge in [-0.3, -0.25) is 0 Å². The van der Waals surface area contributed by atoms with Gasteiger partial charge >= 0.3 is 0 Å². The molecular weight excluding hydrogens is 331 g/mol. The molecule has 0 unspecified atom stereocenters. The van der Waals surface area contributed by atoms with Gasteiger partial charge in [-0.25, -0.2) is 4.39 Å². The van der Waals surface area contributed by atoms with E-state index in [1.54, 1.807) is 6.07 Å². The van der Waals surface area contributed by atoms with E-state index < -0.39 is 0 Å². The van der Waals surface area contributed by atoms with Crippen LogP contribution in [0, 0.1) is 5.82 Å². The predicted octanol–water partition coefficient (Wildman–Crippen LogP) is 4.86. The van der Waals surface area contributed by atoms with Gasteiger partial charge in [0.15, 0.2) is 0 Å². The van der Waals surface area contributed by atoms with E-state index in [2.05, 4.69) is 34.2 Å². The summed E-state index contributed by atoms with van der Waals surface area (Å²) >= 11 is 3.51. The SMILES string of the molecule is CCNCc1cc(Br)ccc1N(CC)c1ccccc1F. The van der Waals surface area contributed by atoms with Crippen molar-refractivity contribution in [3.63, 3.8) is 0 Å². The van der Waals surface area contributed by atoms with Crippen molar-refractivity contribution in [2.45, 2.75) is 20.4 Å². The number of halogens is 2. The van der Waals surface area contributed by atoms with Crippen molar-refractivity contribution in [1.29, 1.82) is 0 Å². The summed E-state index contributed by atoms with van der Waals surface area (Å²) in [7, 11) is 0. The van der Waals surface area contributed by atoms with Crippen LogP contribution in [-0.4, -0.2) is 13.1 Å². The van der Waals surface area contributed by atoms with Crippen LogP contribution in [0.3, 0.4) is 0 Å². The maximum Gasteiger partial charge on any atom is 0.146 e. The monoisotopic (exact) mass is 350 g/mol. The Balaban J connectivity index is 2.44. The number of benzene rings is 2. The van der Waals surface area contributed by atoms with E-state index in [9.17, 15) is 4.39 Å². The van der Waals surface area contributed by atoms with Gasteiger partial charge in [-0.05, 0) is 49.4 Å². The van der Waals surface area contributed by atoms with Crippen molar-refractivity contribution in [3.05, 3.63) is 58.3 Å². The van der Waals surface area contributed by atoms with Gasteiger partial charge in [0.2, 0.25) is 0 Å². The van der Waals surface area contributed by atoms with Crippen molar-refractivity contribution in [2.24, 2.45) is 0 Å². The molecule has 2 nitrogen and oxygen atoms in total. The fourth-order valence-corrected chi connectivity index (χ4v) is 2.77. The van der Waals surface area contributed by atoms with Crippen LogP contribution >= 0.6 is 15.9 Å². The molecule has 0 aliphatic heterocycles. The lowest BCUT2D eigenvalue weighted by Crippen LogP contribution is -2.21. The molecule has 2 rings (SSSR count). The number of nitrogens with zero attached hydrogens (tertiary/aromatic N) is 1. The third kappa shape index (κ3) is 3.83. The molecule has 0 bridgehead atoms. The molecule has 0 saturated carbocycles. The van der Waals surface area contributed by atoms with E-state index in [1.807, 2.05) is 36.1 Å². The van der Waals surface area contributed by atoms with Crippen LogP contribution in [-0.2, 0) is 6.54 Å². The highest BCUT2D eigenvalue weighted by Gasteiger charge is 2.15. The van der Waals surface area contributed by atoms with Gasteiger partial charge in [-0.15, -0.1) is 0 Å². The second-order valence-electron chi connectivity index (χ2n) is 4.75. The second kappa shape index (κ2) is 7.57. The molecule has 112 valence electrons. The smallest absolute Gasteiger partial charge is 0.146 e. The zero-order valence-electron chi connectivity index (χ0n) is 12.4. The van der Waals surface area contributed by atoms with Crippen LogP contribution < -0.4 is 10.2 Å². The van der Waals surface area contributed by atoms with Crippen LogP contribution in [0.15, 0.2) is 46.9 Å². The Morgan fingerprint density at radius 3 is 2.52 bits per heavy atom. The van der Waals surface area contributed by atoms with Crippen LogP contribution in [0.2, 0.25) is 0 Å². The molecule has 21 heavy (non-hydrogen) atoms. The highest BCUT2D eigenvalue weighted by Crippen LogP contribution is 2.32. The molecule has 0 fully saturated rings. The van der Waals surface area contributed by atoms with E-state index >= 15 is 0 Å². The number of para-hydroxylation sites is 1. The molecule has 0 saturated heterocycles. The first-order chi connectivity index (χ1) is 10.2. The van der Waals surface area contributed by atoms with Crippen molar-refractivity contribution < 1.29 is 4.39 Å². The van der Waals surface area contributed by atoms with E-state index in [0.717, 1.165) is 28.8 Å².